The van der Waals surface area contributed by atoms with E-state index in [0.717, 1.165) is 3.79 Å². The Bertz CT molecular complexity index is 434. The molecule has 1 aromatic rings. The smallest absolute Gasteiger partial charge is 0.329 e. The molecule has 0 unspecified atom stereocenters. The summed E-state index contributed by atoms with van der Waals surface area (Å²) in [6.45, 7) is 0.0416. The van der Waals surface area contributed by atoms with E-state index in [1.807, 2.05) is 0 Å². The third-order valence-corrected chi connectivity index (χ3v) is 3.64. The number of rotatable bonds is 7. The molecule has 0 bridgehead atoms. The van der Waals surface area contributed by atoms with Gasteiger partial charge >= 0.3 is 5.97 Å². The zero-order valence-electron chi connectivity index (χ0n) is 9.57. The first-order valence-corrected chi connectivity index (χ1v) is 6.56. The van der Waals surface area contributed by atoms with E-state index in [4.69, 9.17) is 14.6 Å². The number of carboxylic acids is 1. The zero-order chi connectivity index (χ0) is 13.5. The summed E-state index contributed by atoms with van der Waals surface area (Å²) < 4.78 is 10.6. The van der Waals surface area contributed by atoms with Crippen molar-refractivity contribution >= 4 is 39.1 Å². The van der Waals surface area contributed by atoms with Gasteiger partial charge in [-0.25, -0.2) is 4.79 Å². The van der Waals surface area contributed by atoms with Gasteiger partial charge in [0.2, 0.25) is 0 Å². The summed E-state index contributed by atoms with van der Waals surface area (Å²) in [5.41, 5.74) is 0. The maximum absolute atomic E-state index is 11.7. The molecule has 0 spiro atoms. The van der Waals surface area contributed by atoms with Gasteiger partial charge in [-0.1, -0.05) is 0 Å². The second-order valence-corrected chi connectivity index (χ2v) is 5.53. The van der Waals surface area contributed by atoms with Crippen LogP contribution in [0, 0.1) is 0 Å². The summed E-state index contributed by atoms with van der Waals surface area (Å²) in [6, 6.07) is 1.63. The molecule has 0 aliphatic heterocycles. The Morgan fingerprint density at radius 1 is 1.56 bits per heavy atom. The van der Waals surface area contributed by atoms with E-state index in [2.05, 4.69) is 21.2 Å². The average molecular weight is 338 g/mol. The number of amides is 1. The molecule has 0 fully saturated rings. The van der Waals surface area contributed by atoms with Crippen molar-refractivity contribution in [2.75, 3.05) is 26.9 Å². The molecule has 0 aliphatic rings. The largest absolute Gasteiger partial charge is 0.495 e. The van der Waals surface area contributed by atoms with Crippen molar-refractivity contribution in [3.8, 4) is 5.75 Å². The predicted molar refractivity (Wildman–Crippen MR) is 69.4 cm³/mol. The summed E-state index contributed by atoms with van der Waals surface area (Å²) in [4.78, 5) is 22.3. The first kappa shape index (κ1) is 14.9. The molecule has 1 heterocycles. The van der Waals surface area contributed by atoms with Gasteiger partial charge in [0, 0.05) is 12.6 Å². The molecule has 0 aromatic carbocycles. The Labute approximate surface area is 116 Å². The number of hydrogen-bond acceptors (Lipinski definition) is 5. The Morgan fingerprint density at radius 3 is 2.83 bits per heavy atom. The van der Waals surface area contributed by atoms with E-state index in [1.54, 1.807) is 6.07 Å². The fraction of sp³-hybridized carbons (Fsp3) is 0.400. The third kappa shape index (κ3) is 4.63. The van der Waals surface area contributed by atoms with Crippen molar-refractivity contribution in [1.29, 1.82) is 0 Å². The highest BCUT2D eigenvalue weighted by atomic mass is 79.9. The molecule has 0 aliphatic carbocycles. The second kappa shape index (κ2) is 7.34. The van der Waals surface area contributed by atoms with Crippen molar-refractivity contribution in [3.05, 3.63) is 14.7 Å². The minimum atomic E-state index is -1.03. The van der Waals surface area contributed by atoms with Crippen LogP contribution >= 0.6 is 27.3 Å². The average Bonchev–Trinajstić information content (AvgIpc) is 2.69. The summed E-state index contributed by atoms with van der Waals surface area (Å²) in [5, 5.41) is 10.9. The number of carboxylic acid groups (broad SMARTS) is 1. The van der Waals surface area contributed by atoms with Crippen LogP contribution < -0.4 is 10.1 Å². The van der Waals surface area contributed by atoms with Gasteiger partial charge in [-0.15, -0.1) is 11.3 Å². The van der Waals surface area contributed by atoms with Crippen LogP contribution in [-0.2, 0) is 9.53 Å². The third-order valence-electron chi connectivity index (χ3n) is 1.86. The molecular formula is C10H12BrNO5S. The van der Waals surface area contributed by atoms with Gasteiger partial charge in [0.05, 0.1) is 18.6 Å². The molecule has 0 atom stereocenters. The lowest BCUT2D eigenvalue weighted by Gasteiger charge is -2.03. The zero-order valence-corrected chi connectivity index (χ0v) is 12.0. The molecule has 0 saturated carbocycles. The fourth-order valence-electron chi connectivity index (χ4n) is 1.09. The molecule has 18 heavy (non-hydrogen) atoms. The molecular weight excluding hydrogens is 326 g/mol. The van der Waals surface area contributed by atoms with Crippen LogP contribution in [0.5, 0.6) is 5.75 Å². The van der Waals surface area contributed by atoms with E-state index in [-0.39, 0.29) is 25.7 Å². The number of nitrogens with one attached hydrogen (secondary N) is 1. The molecule has 0 saturated heterocycles. The summed E-state index contributed by atoms with van der Waals surface area (Å²) >= 11 is 4.54. The molecule has 8 heteroatoms. The van der Waals surface area contributed by atoms with Crippen LogP contribution in [0.3, 0.4) is 0 Å². The number of halogens is 1. The molecule has 2 N–H and O–H groups in total. The molecule has 1 aromatic heterocycles. The Balaban J connectivity index is 2.34. The van der Waals surface area contributed by atoms with Crippen LogP contribution in [0.4, 0.5) is 0 Å². The maximum Gasteiger partial charge on any atom is 0.329 e. The van der Waals surface area contributed by atoms with Gasteiger partial charge in [-0.05, 0) is 15.9 Å². The lowest BCUT2D eigenvalue weighted by atomic mass is 10.4. The molecule has 100 valence electrons. The lowest BCUT2D eigenvalue weighted by molar-refractivity contribution is -0.142. The minimum Gasteiger partial charge on any atom is -0.495 e. The van der Waals surface area contributed by atoms with Crippen LogP contribution in [0.2, 0.25) is 0 Å². The minimum absolute atomic E-state index is 0.154. The van der Waals surface area contributed by atoms with Crippen LogP contribution in [0.25, 0.3) is 0 Å². The number of carbonyl (C=O) groups is 2. The first-order valence-electron chi connectivity index (χ1n) is 4.95. The highest BCUT2D eigenvalue weighted by Crippen LogP contribution is 2.34. The van der Waals surface area contributed by atoms with E-state index in [1.165, 1.54) is 18.4 Å². The fourth-order valence-corrected chi connectivity index (χ4v) is 2.65. The number of aliphatic carboxylic acids is 1. The van der Waals surface area contributed by atoms with Crippen LogP contribution in [0.1, 0.15) is 9.67 Å². The van der Waals surface area contributed by atoms with Crippen molar-refractivity contribution in [1.82, 2.24) is 5.32 Å². The lowest BCUT2D eigenvalue weighted by Crippen LogP contribution is -2.27. The van der Waals surface area contributed by atoms with Crippen LogP contribution in [-0.4, -0.2) is 43.9 Å². The number of carbonyl (C=O) groups excluding carboxylic acids is 1. The number of ether oxygens (including phenoxy) is 2. The van der Waals surface area contributed by atoms with Gasteiger partial charge in [-0.3, -0.25) is 4.79 Å². The number of thiophene rings is 1. The topological polar surface area (TPSA) is 84.9 Å². The van der Waals surface area contributed by atoms with E-state index < -0.39 is 5.97 Å². The van der Waals surface area contributed by atoms with Crippen LogP contribution in [0.15, 0.2) is 9.85 Å². The first-order chi connectivity index (χ1) is 8.54. The normalized spacial score (nSPS) is 10.1. The molecule has 6 nitrogen and oxygen atoms in total. The highest BCUT2D eigenvalue weighted by Gasteiger charge is 2.13. The quantitative estimate of drug-likeness (QED) is 0.733. The van der Waals surface area contributed by atoms with Crippen molar-refractivity contribution < 1.29 is 24.2 Å². The van der Waals surface area contributed by atoms with Gasteiger partial charge in [-0.2, -0.15) is 0 Å². The SMILES string of the molecule is COc1cc(C(=O)NCCOCC(=O)O)sc1Br. The Hall–Kier alpha value is -1.12. The van der Waals surface area contributed by atoms with E-state index in [0.29, 0.717) is 10.6 Å². The Kier molecular flexibility index (Phi) is 6.10. The van der Waals surface area contributed by atoms with E-state index >= 15 is 0 Å². The molecule has 0 radical (unpaired) electrons. The van der Waals surface area contributed by atoms with Crippen molar-refractivity contribution in [3.63, 3.8) is 0 Å². The van der Waals surface area contributed by atoms with Crippen molar-refractivity contribution in [2.24, 2.45) is 0 Å². The van der Waals surface area contributed by atoms with Gasteiger partial charge in [0.1, 0.15) is 16.1 Å². The van der Waals surface area contributed by atoms with Gasteiger partial charge < -0.3 is 19.9 Å². The van der Waals surface area contributed by atoms with Gasteiger partial charge in [0.25, 0.3) is 5.91 Å². The summed E-state index contributed by atoms with van der Waals surface area (Å²) in [7, 11) is 1.52. The number of hydrogen-bond donors (Lipinski definition) is 2. The second-order valence-electron chi connectivity index (χ2n) is 3.15. The number of methoxy groups -OCH3 is 1. The monoisotopic (exact) mass is 337 g/mol. The van der Waals surface area contributed by atoms with E-state index in [9.17, 15) is 9.59 Å². The molecule has 1 rings (SSSR count). The maximum atomic E-state index is 11.7. The molecule has 1 amide bonds. The van der Waals surface area contributed by atoms with Gasteiger partial charge in [0.15, 0.2) is 0 Å². The van der Waals surface area contributed by atoms with Crippen molar-refractivity contribution in [2.45, 2.75) is 0 Å². The summed E-state index contributed by atoms with van der Waals surface area (Å²) in [5.74, 6) is -0.677. The standard InChI is InChI=1S/C10H12BrNO5S/c1-16-6-4-7(18-9(6)11)10(15)12-2-3-17-5-8(13)14/h4H,2-3,5H2,1H3,(H,12,15)(H,13,14). The highest BCUT2D eigenvalue weighted by molar-refractivity contribution is 9.11. The predicted octanol–water partition coefficient (Wildman–Crippen LogP) is 1.35. The Morgan fingerprint density at radius 2 is 2.28 bits per heavy atom. The summed E-state index contributed by atoms with van der Waals surface area (Å²) in [6.07, 6.45) is 0.